The molecule has 0 unspecified atom stereocenters. The first-order chi connectivity index (χ1) is 11.7. The third-order valence-corrected chi connectivity index (χ3v) is 5.35. The lowest BCUT2D eigenvalue weighted by Crippen LogP contribution is -2.70. The van der Waals surface area contributed by atoms with Crippen LogP contribution in [0.25, 0.3) is 0 Å². The Morgan fingerprint density at radius 3 is 2.68 bits per heavy atom. The number of sulfonamides is 1. The highest BCUT2D eigenvalue weighted by Gasteiger charge is 2.55. The van der Waals surface area contributed by atoms with Gasteiger partial charge in [-0.3, -0.25) is 4.79 Å². The van der Waals surface area contributed by atoms with E-state index in [9.17, 15) is 13.2 Å². The lowest BCUT2D eigenvalue weighted by molar-refractivity contribution is -0.0194. The molecule has 0 spiro atoms. The van der Waals surface area contributed by atoms with Gasteiger partial charge in [0.2, 0.25) is 16.0 Å². The fourth-order valence-corrected chi connectivity index (χ4v) is 4.19. The fraction of sp³-hybridized carbons (Fsp3) is 0.667. The Morgan fingerprint density at radius 2 is 2.08 bits per heavy atom. The molecular weight excluding hydrogens is 346 g/mol. The summed E-state index contributed by atoms with van der Waals surface area (Å²) in [6, 6.07) is -0.753. The highest BCUT2D eigenvalue weighted by atomic mass is 32.2. The number of nitrogens with zero attached hydrogens (tertiary/aromatic N) is 3. The molecule has 1 saturated heterocycles. The molecule has 9 nitrogen and oxygen atoms in total. The lowest BCUT2D eigenvalue weighted by Gasteiger charge is -2.47. The number of amides is 1. The highest BCUT2D eigenvalue weighted by molar-refractivity contribution is 7.88. The second-order valence-corrected chi connectivity index (χ2v) is 8.55. The van der Waals surface area contributed by atoms with Gasteiger partial charge in [0.1, 0.15) is 0 Å². The fourth-order valence-electron chi connectivity index (χ4n) is 3.41. The van der Waals surface area contributed by atoms with Gasteiger partial charge in [-0.05, 0) is 13.3 Å². The predicted octanol–water partition coefficient (Wildman–Crippen LogP) is -0.714. The Bertz CT molecular complexity index is 782. The molecule has 1 amide bonds. The van der Waals surface area contributed by atoms with E-state index in [2.05, 4.69) is 20.0 Å². The first-order valence-electron chi connectivity index (χ1n) is 8.08. The summed E-state index contributed by atoms with van der Waals surface area (Å²) < 4.78 is 31.3. The maximum absolute atomic E-state index is 12.6. The van der Waals surface area contributed by atoms with Crippen molar-refractivity contribution in [2.75, 3.05) is 31.9 Å². The average Bonchev–Trinajstić information content (AvgIpc) is 2.94. The molecule has 0 radical (unpaired) electrons. The number of rotatable bonds is 5. The Kier molecular flexibility index (Phi) is 4.69. The number of hydrogen-bond acceptors (Lipinski definition) is 7. The summed E-state index contributed by atoms with van der Waals surface area (Å²) in [5, 5.41) is 2.93. The van der Waals surface area contributed by atoms with Gasteiger partial charge in [-0.2, -0.15) is 0 Å². The van der Waals surface area contributed by atoms with Crippen LogP contribution in [0.2, 0.25) is 0 Å². The number of carbonyl (C=O) groups excluding carboxylic acids is 1. The number of ether oxygens (including phenoxy) is 1. The normalized spacial score (nSPS) is 28.2. The number of anilines is 1. The van der Waals surface area contributed by atoms with Gasteiger partial charge in [0.25, 0.3) is 5.91 Å². The minimum absolute atomic E-state index is 0.116. The summed E-state index contributed by atoms with van der Waals surface area (Å²) in [5.41, 5.74) is 0.952. The molecule has 1 saturated carbocycles. The van der Waals surface area contributed by atoms with Crippen molar-refractivity contribution in [3.8, 4) is 0 Å². The number of aryl methyl sites for hydroxylation is 1. The van der Waals surface area contributed by atoms with Crippen molar-refractivity contribution in [2.45, 2.75) is 31.5 Å². The van der Waals surface area contributed by atoms with E-state index in [0.717, 1.165) is 12.7 Å². The van der Waals surface area contributed by atoms with Crippen LogP contribution in [0.1, 0.15) is 22.5 Å². The van der Waals surface area contributed by atoms with E-state index in [0.29, 0.717) is 23.8 Å². The maximum atomic E-state index is 12.6. The van der Waals surface area contributed by atoms with Crippen molar-refractivity contribution >= 4 is 21.9 Å². The van der Waals surface area contributed by atoms with Crippen molar-refractivity contribution in [3.63, 3.8) is 0 Å². The van der Waals surface area contributed by atoms with Crippen molar-refractivity contribution < 1.29 is 17.9 Å². The zero-order valence-corrected chi connectivity index (χ0v) is 15.5. The molecular formula is C15H23N5O4S. The highest BCUT2D eigenvalue weighted by Crippen LogP contribution is 2.39. The molecule has 3 rings (SSSR count). The van der Waals surface area contributed by atoms with Crippen LogP contribution in [0, 0.1) is 12.8 Å². The summed E-state index contributed by atoms with van der Waals surface area (Å²) >= 11 is 0. The van der Waals surface area contributed by atoms with Crippen LogP contribution in [0.5, 0.6) is 0 Å². The molecule has 138 valence electrons. The Labute approximate surface area is 147 Å². The van der Waals surface area contributed by atoms with Crippen molar-refractivity contribution in [1.82, 2.24) is 20.0 Å². The van der Waals surface area contributed by atoms with Crippen LogP contribution in [0.15, 0.2) is 6.20 Å². The Balaban J connectivity index is 1.75. The van der Waals surface area contributed by atoms with Gasteiger partial charge in [-0.25, -0.2) is 23.1 Å². The number of carbonyl (C=O) groups is 1. The second kappa shape index (κ2) is 6.50. The van der Waals surface area contributed by atoms with E-state index in [-0.39, 0.29) is 24.0 Å². The van der Waals surface area contributed by atoms with E-state index >= 15 is 0 Å². The number of hydrogen-bond donors (Lipinski definition) is 2. The molecule has 2 aliphatic rings. The van der Waals surface area contributed by atoms with E-state index in [4.69, 9.17) is 4.74 Å². The average molecular weight is 369 g/mol. The molecule has 2 heterocycles. The van der Waals surface area contributed by atoms with Gasteiger partial charge in [-0.1, -0.05) is 0 Å². The van der Waals surface area contributed by atoms with Crippen LogP contribution in [-0.2, 0) is 14.8 Å². The minimum atomic E-state index is -3.39. The largest absolute Gasteiger partial charge is 0.376 e. The Hall–Kier alpha value is -1.78. The monoisotopic (exact) mass is 369 g/mol. The SMILES string of the molecule is Cc1nc(N(C)C)ncc1C(=O)N[C@H]1[C@H]2CCO[C@H]2[C@@H]1NS(C)(=O)=O. The summed E-state index contributed by atoms with van der Waals surface area (Å²) in [4.78, 5) is 22.9. The van der Waals surface area contributed by atoms with Crippen LogP contribution >= 0.6 is 0 Å². The van der Waals surface area contributed by atoms with E-state index in [1.807, 2.05) is 14.1 Å². The molecule has 0 bridgehead atoms. The molecule has 1 aliphatic heterocycles. The van der Waals surface area contributed by atoms with Gasteiger partial charge in [0, 0.05) is 32.8 Å². The van der Waals surface area contributed by atoms with E-state index in [1.165, 1.54) is 6.20 Å². The molecule has 1 aliphatic carbocycles. The van der Waals surface area contributed by atoms with Crippen LogP contribution in [0.4, 0.5) is 5.95 Å². The predicted molar refractivity (Wildman–Crippen MR) is 92.0 cm³/mol. The minimum Gasteiger partial charge on any atom is -0.376 e. The van der Waals surface area contributed by atoms with Gasteiger partial charge in [0.15, 0.2) is 0 Å². The molecule has 2 fully saturated rings. The van der Waals surface area contributed by atoms with Gasteiger partial charge >= 0.3 is 0 Å². The van der Waals surface area contributed by atoms with Crippen molar-refractivity contribution in [3.05, 3.63) is 17.5 Å². The van der Waals surface area contributed by atoms with E-state index in [1.54, 1.807) is 11.8 Å². The first-order valence-corrected chi connectivity index (χ1v) is 9.97. The molecule has 1 aromatic rings. The molecule has 2 N–H and O–H groups in total. The molecule has 25 heavy (non-hydrogen) atoms. The summed E-state index contributed by atoms with van der Waals surface area (Å²) in [7, 11) is 0.257. The van der Waals surface area contributed by atoms with Crippen molar-refractivity contribution in [1.29, 1.82) is 0 Å². The standard InChI is InChI=1S/C15H23N5O4S/c1-8-10(7-16-15(17-8)20(2)3)14(21)18-11-9-5-6-24-13(9)12(11)19-25(4,22)23/h7,9,11-13,19H,5-6H2,1-4H3,(H,18,21)/t9-,11+,12-,13-/m1/s1. The maximum Gasteiger partial charge on any atom is 0.254 e. The second-order valence-electron chi connectivity index (χ2n) is 6.77. The van der Waals surface area contributed by atoms with Crippen molar-refractivity contribution in [2.24, 2.45) is 5.92 Å². The van der Waals surface area contributed by atoms with Gasteiger partial charge < -0.3 is 15.0 Å². The summed E-state index contributed by atoms with van der Waals surface area (Å²) in [6.45, 7) is 2.32. The topological polar surface area (TPSA) is 114 Å². The summed E-state index contributed by atoms with van der Waals surface area (Å²) in [6.07, 6.45) is 3.21. The molecule has 10 heteroatoms. The third kappa shape index (κ3) is 3.60. The lowest BCUT2D eigenvalue weighted by atomic mass is 9.72. The first kappa shape index (κ1) is 18.0. The number of aromatic nitrogens is 2. The van der Waals surface area contributed by atoms with Crippen LogP contribution < -0.4 is 14.9 Å². The van der Waals surface area contributed by atoms with E-state index < -0.39 is 16.1 Å². The Morgan fingerprint density at radius 1 is 1.36 bits per heavy atom. The third-order valence-electron chi connectivity index (χ3n) is 4.64. The smallest absolute Gasteiger partial charge is 0.254 e. The zero-order valence-electron chi connectivity index (χ0n) is 14.7. The summed E-state index contributed by atoms with van der Waals surface area (Å²) in [5.74, 6) is 0.336. The molecule has 0 aromatic carbocycles. The number of nitrogens with one attached hydrogen (secondary N) is 2. The number of fused-ring (bicyclic) bond motifs is 1. The molecule has 4 atom stereocenters. The molecule has 1 aromatic heterocycles. The van der Waals surface area contributed by atoms with Crippen LogP contribution in [-0.4, -0.2) is 69.4 Å². The van der Waals surface area contributed by atoms with Crippen LogP contribution in [0.3, 0.4) is 0 Å². The van der Waals surface area contributed by atoms with Gasteiger partial charge in [-0.15, -0.1) is 0 Å². The quantitative estimate of drug-likeness (QED) is 0.704. The zero-order chi connectivity index (χ0) is 18.4. The van der Waals surface area contributed by atoms with Gasteiger partial charge in [0.05, 0.1) is 35.7 Å².